The molecule has 0 aliphatic rings. The number of carboxylic acids is 1. The molecule has 0 saturated carbocycles. The SMILES string of the molecule is [B-]N(C[NH-])CC(=O)O. The Labute approximate surface area is 48.7 Å². The van der Waals surface area contributed by atoms with Crippen LogP contribution in [0.4, 0.5) is 0 Å². The van der Waals surface area contributed by atoms with Crippen LogP contribution in [0.1, 0.15) is 0 Å². The summed E-state index contributed by atoms with van der Waals surface area (Å²) in [7, 11) is 4.94. The molecule has 0 heterocycles. The van der Waals surface area contributed by atoms with Crippen molar-refractivity contribution >= 4 is 14.0 Å². The number of carbonyl (C=O) groups is 1. The number of rotatable bonds is 3. The minimum atomic E-state index is -1.01. The van der Waals surface area contributed by atoms with Crippen molar-refractivity contribution in [2.75, 3.05) is 13.2 Å². The van der Waals surface area contributed by atoms with E-state index in [0.717, 1.165) is 4.81 Å². The van der Waals surface area contributed by atoms with Gasteiger partial charge in [-0.25, -0.2) is 0 Å². The topological polar surface area (TPSA) is 64.3 Å². The molecule has 45 valence electrons. The lowest BCUT2D eigenvalue weighted by Gasteiger charge is -2.32. The normalized spacial score (nSPS) is 9.88. The Kier molecular flexibility index (Phi) is 3.22. The first kappa shape index (κ1) is 7.45. The van der Waals surface area contributed by atoms with E-state index in [2.05, 4.69) is 0 Å². The summed E-state index contributed by atoms with van der Waals surface area (Å²) in [5, 5.41) is 8.01. The molecule has 0 saturated heterocycles. The molecule has 0 aromatic carbocycles. The number of aliphatic carboxylic acids is 1. The van der Waals surface area contributed by atoms with Crippen LogP contribution >= 0.6 is 0 Å². The second-order valence-electron chi connectivity index (χ2n) is 1.30. The van der Waals surface area contributed by atoms with Gasteiger partial charge in [0.1, 0.15) is 0 Å². The number of carboxylic acid groups (broad SMARTS) is 1. The average molecular weight is 113 g/mol. The summed E-state index contributed by atoms with van der Waals surface area (Å²) in [5.41, 5.74) is 6.54. The highest BCUT2D eigenvalue weighted by Gasteiger charge is 1.87. The average Bonchev–Trinajstić information content (AvgIpc) is 1.65. The van der Waals surface area contributed by atoms with E-state index in [1.807, 2.05) is 0 Å². The molecule has 4 nitrogen and oxygen atoms in total. The second kappa shape index (κ2) is 3.46. The van der Waals surface area contributed by atoms with Crippen LogP contribution in [0.5, 0.6) is 0 Å². The summed E-state index contributed by atoms with van der Waals surface area (Å²) in [4.78, 5) is 10.7. The molecule has 2 N–H and O–H groups in total. The van der Waals surface area contributed by atoms with Gasteiger partial charge in [-0.2, -0.15) is 0 Å². The number of nitrogens with zero attached hydrogens (tertiary/aromatic N) is 1. The standard InChI is InChI=1S/C3H6BN2O2/c4-6(2-5)1-3(7)8/h5H,1-2H2,(H,7,8)/q-2. The first-order valence-electron chi connectivity index (χ1n) is 2.03. The van der Waals surface area contributed by atoms with Crippen molar-refractivity contribution in [3.63, 3.8) is 0 Å². The zero-order valence-corrected chi connectivity index (χ0v) is 4.29. The largest absolute Gasteiger partial charge is 0.668 e. The zero-order chi connectivity index (χ0) is 6.57. The zero-order valence-electron chi connectivity index (χ0n) is 4.29. The van der Waals surface area contributed by atoms with Crippen LogP contribution in [0.2, 0.25) is 0 Å². The minimum Gasteiger partial charge on any atom is -0.668 e. The maximum absolute atomic E-state index is 9.76. The molecule has 0 aliphatic carbocycles. The second-order valence-corrected chi connectivity index (χ2v) is 1.30. The molecule has 0 spiro atoms. The molecule has 0 fully saturated rings. The first-order valence-corrected chi connectivity index (χ1v) is 2.03. The summed E-state index contributed by atoms with van der Waals surface area (Å²) < 4.78 is 0. The third-order valence-electron chi connectivity index (χ3n) is 0.541. The van der Waals surface area contributed by atoms with E-state index in [9.17, 15) is 4.79 Å². The van der Waals surface area contributed by atoms with E-state index in [1.165, 1.54) is 0 Å². The summed E-state index contributed by atoms with van der Waals surface area (Å²) >= 11 is 0. The Morgan fingerprint density at radius 3 is 2.50 bits per heavy atom. The fourth-order valence-electron chi connectivity index (χ4n) is 0.230. The predicted octanol–water partition coefficient (Wildman–Crippen LogP) is -0.534. The van der Waals surface area contributed by atoms with Gasteiger partial charge in [0.25, 0.3) is 0 Å². The molecular weight excluding hydrogens is 107 g/mol. The number of hydrogen-bond donors (Lipinski definition) is 1. The molecule has 0 atom stereocenters. The van der Waals surface area contributed by atoms with Gasteiger partial charge in [0.15, 0.2) is 0 Å². The number of nitrogens with one attached hydrogen (secondary N) is 1. The Morgan fingerprint density at radius 1 is 1.88 bits per heavy atom. The number of hydrogen-bond acceptors (Lipinski definition) is 2. The third-order valence-corrected chi connectivity index (χ3v) is 0.541. The maximum atomic E-state index is 9.76. The van der Waals surface area contributed by atoms with E-state index >= 15 is 0 Å². The van der Waals surface area contributed by atoms with Gasteiger partial charge in [0.05, 0.1) is 6.54 Å². The fraction of sp³-hybridized carbons (Fsp3) is 0.667. The lowest BCUT2D eigenvalue weighted by Crippen LogP contribution is -2.26. The Morgan fingerprint density at radius 2 is 2.38 bits per heavy atom. The van der Waals surface area contributed by atoms with Crippen LogP contribution in [0.3, 0.4) is 0 Å². The monoisotopic (exact) mass is 113 g/mol. The summed E-state index contributed by atoms with van der Waals surface area (Å²) in [5.74, 6) is -1.01. The Hall–Kier alpha value is -0.545. The van der Waals surface area contributed by atoms with E-state index in [-0.39, 0.29) is 13.2 Å². The van der Waals surface area contributed by atoms with Crippen molar-refractivity contribution in [1.29, 1.82) is 0 Å². The maximum Gasteiger partial charge on any atom is 0.313 e. The van der Waals surface area contributed by atoms with Crippen molar-refractivity contribution < 1.29 is 9.90 Å². The van der Waals surface area contributed by atoms with Crippen LogP contribution in [-0.2, 0) is 4.79 Å². The van der Waals surface area contributed by atoms with E-state index in [0.29, 0.717) is 0 Å². The summed E-state index contributed by atoms with van der Waals surface area (Å²) in [6.07, 6.45) is 0. The molecule has 0 bridgehead atoms. The van der Waals surface area contributed by atoms with Crippen molar-refractivity contribution in [2.24, 2.45) is 0 Å². The van der Waals surface area contributed by atoms with Crippen LogP contribution in [0, 0.1) is 0 Å². The van der Waals surface area contributed by atoms with Gasteiger partial charge in [0, 0.05) is 0 Å². The fourth-order valence-corrected chi connectivity index (χ4v) is 0.230. The summed E-state index contributed by atoms with van der Waals surface area (Å²) in [6.45, 7) is -0.462. The molecular formula is C3H6BN2O2-2. The lowest BCUT2D eigenvalue weighted by atomic mass is 10.3. The highest BCUT2D eigenvalue weighted by molar-refractivity contribution is 6.05. The van der Waals surface area contributed by atoms with Crippen molar-refractivity contribution in [2.45, 2.75) is 0 Å². The van der Waals surface area contributed by atoms with Gasteiger partial charge in [0.2, 0.25) is 0 Å². The predicted molar refractivity (Wildman–Crippen MR) is 29.3 cm³/mol. The van der Waals surface area contributed by atoms with Crippen LogP contribution in [-0.4, -0.2) is 37.1 Å². The quantitative estimate of drug-likeness (QED) is 0.500. The molecule has 0 aromatic rings. The molecule has 3 radical (unpaired) electrons. The van der Waals surface area contributed by atoms with Gasteiger partial charge in [-0.15, -0.1) is 6.67 Å². The van der Waals surface area contributed by atoms with Crippen molar-refractivity contribution in [3.8, 4) is 0 Å². The van der Waals surface area contributed by atoms with E-state index < -0.39 is 5.97 Å². The van der Waals surface area contributed by atoms with Crippen LogP contribution in [0.15, 0.2) is 0 Å². The molecule has 5 heteroatoms. The van der Waals surface area contributed by atoms with E-state index in [4.69, 9.17) is 18.8 Å². The van der Waals surface area contributed by atoms with Gasteiger partial charge < -0.3 is 23.6 Å². The Bertz CT molecular complexity index is 87.4. The van der Waals surface area contributed by atoms with E-state index in [1.54, 1.807) is 0 Å². The highest BCUT2D eigenvalue weighted by atomic mass is 16.4. The smallest absolute Gasteiger partial charge is 0.313 e. The van der Waals surface area contributed by atoms with Crippen LogP contribution < -0.4 is 0 Å². The minimum absolute atomic E-state index is 0.188. The lowest BCUT2D eigenvalue weighted by molar-refractivity contribution is -0.137. The first-order chi connectivity index (χ1) is 3.66. The Balaban J connectivity index is 3.24. The highest BCUT2D eigenvalue weighted by Crippen LogP contribution is 1.77. The molecule has 0 aromatic heterocycles. The van der Waals surface area contributed by atoms with Gasteiger partial charge in [-0.05, 0) is 0 Å². The third kappa shape index (κ3) is 3.64. The molecule has 0 rings (SSSR count). The van der Waals surface area contributed by atoms with Crippen molar-refractivity contribution in [3.05, 3.63) is 5.73 Å². The van der Waals surface area contributed by atoms with Crippen LogP contribution in [0.25, 0.3) is 5.73 Å². The van der Waals surface area contributed by atoms with Gasteiger partial charge >= 0.3 is 5.97 Å². The molecule has 0 aliphatic heterocycles. The van der Waals surface area contributed by atoms with Crippen molar-refractivity contribution in [1.82, 2.24) is 4.81 Å². The summed E-state index contributed by atoms with van der Waals surface area (Å²) in [6, 6.07) is 0. The molecule has 0 amide bonds. The van der Waals surface area contributed by atoms with Gasteiger partial charge in [-0.1, -0.05) is 0 Å². The molecule has 0 unspecified atom stereocenters. The van der Waals surface area contributed by atoms with Gasteiger partial charge in [-0.3, -0.25) is 4.79 Å². The molecule has 8 heavy (non-hydrogen) atoms.